The Kier molecular flexibility index (Phi) is 3.87. The number of hydrogen-bond donors (Lipinski definition) is 0. The van der Waals surface area contributed by atoms with Crippen molar-refractivity contribution < 1.29 is 0 Å². The number of hydrogen-bond acceptors (Lipinski definition) is 4. The lowest BCUT2D eigenvalue weighted by Crippen LogP contribution is -2.14. The van der Waals surface area contributed by atoms with Crippen molar-refractivity contribution in [3.8, 4) is 6.07 Å². The predicted octanol–water partition coefficient (Wildman–Crippen LogP) is 1.31. The summed E-state index contributed by atoms with van der Waals surface area (Å²) < 4.78 is 0. The van der Waals surface area contributed by atoms with Crippen LogP contribution in [0.1, 0.15) is 9.88 Å². The third-order valence-corrected chi connectivity index (χ3v) is 2.68. The Labute approximate surface area is 82.6 Å². The molecule has 0 bridgehead atoms. The first-order valence-corrected chi connectivity index (χ1v) is 4.99. The fourth-order valence-corrected chi connectivity index (χ4v) is 1.79. The van der Waals surface area contributed by atoms with E-state index < -0.39 is 0 Å². The van der Waals surface area contributed by atoms with Crippen molar-refractivity contribution in [3.05, 3.63) is 16.1 Å². The number of likely N-dealkylation sites (N-methyl/N-ethyl adjacent to an activating group) is 1. The normalized spacial score (nSPS) is 10.3. The second-order valence-corrected chi connectivity index (χ2v) is 4.31. The highest BCUT2D eigenvalue weighted by molar-refractivity contribution is 7.11. The quantitative estimate of drug-likeness (QED) is 0.727. The van der Waals surface area contributed by atoms with E-state index in [0.717, 1.165) is 22.9 Å². The third-order valence-electron chi connectivity index (χ3n) is 1.63. The molecule has 0 N–H and O–H groups in total. The molecular formula is C9H13N3S. The van der Waals surface area contributed by atoms with Gasteiger partial charge in [0, 0.05) is 24.0 Å². The first-order chi connectivity index (χ1) is 6.22. The molecule has 1 heterocycles. The van der Waals surface area contributed by atoms with E-state index in [4.69, 9.17) is 5.26 Å². The molecule has 0 atom stereocenters. The lowest BCUT2D eigenvalue weighted by Gasteiger charge is -2.06. The summed E-state index contributed by atoms with van der Waals surface area (Å²) in [4.78, 5) is 7.44. The van der Waals surface area contributed by atoms with Gasteiger partial charge in [-0.2, -0.15) is 5.26 Å². The van der Waals surface area contributed by atoms with Gasteiger partial charge in [0.2, 0.25) is 0 Å². The Morgan fingerprint density at radius 3 is 3.00 bits per heavy atom. The molecule has 0 unspecified atom stereocenters. The van der Waals surface area contributed by atoms with Crippen molar-refractivity contribution in [2.75, 3.05) is 20.6 Å². The molecule has 1 aromatic heterocycles. The van der Waals surface area contributed by atoms with Crippen LogP contribution in [-0.2, 0) is 12.8 Å². The lowest BCUT2D eigenvalue weighted by molar-refractivity contribution is 0.413. The van der Waals surface area contributed by atoms with Crippen molar-refractivity contribution in [1.82, 2.24) is 9.88 Å². The van der Waals surface area contributed by atoms with E-state index in [9.17, 15) is 0 Å². The van der Waals surface area contributed by atoms with Gasteiger partial charge in [-0.1, -0.05) is 0 Å². The summed E-state index contributed by atoms with van der Waals surface area (Å²) in [7, 11) is 4.09. The van der Waals surface area contributed by atoms with Crippen LogP contribution in [0.2, 0.25) is 0 Å². The summed E-state index contributed by atoms with van der Waals surface area (Å²) >= 11 is 1.64. The molecule has 0 aliphatic heterocycles. The zero-order chi connectivity index (χ0) is 9.68. The van der Waals surface area contributed by atoms with Crippen LogP contribution in [0.25, 0.3) is 0 Å². The van der Waals surface area contributed by atoms with E-state index in [-0.39, 0.29) is 0 Å². The van der Waals surface area contributed by atoms with Crippen LogP contribution < -0.4 is 0 Å². The second kappa shape index (κ2) is 4.95. The highest BCUT2D eigenvalue weighted by Gasteiger charge is 2.01. The summed E-state index contributed by atoms with van der Waals surface area (Å²) in [6, 6.07) is 2.12. The molecule has 0 spiro atoms. The maximum atomic E-state index is 8.47. The van der Waals surface area contributed by atoms with E-state index in [2.05, 4.69) is 16.0 Å². The number of nitriles is 1. The highest BCUT2D eigenvalue weighted by atomic mass is 32.1. The predicted molar refractivity (Wildman–Crippen MR) is 53.7 cm³/mol. The van der Waals surface area contributed by atoms with Gasteiger partial charge in [-0.05, 0) is 14.1 Å². The maximum Gasteiger partial charge on any atom is 0.0940 e. The van der Waals surface area contributed by atoms with Gasteiger partial charge in [0.05, 0.1) is 17.5 Å². The standard InChI is InChI=1S/C9H13N3S/c1-12(2)6-4-9-11-7-8(13-9)3-5-10/h7H,3-4,6H2,1-2H3. The Hall–Kier alpha value is -0.920. The monoisotopic (exact) mass is 195 g/mol. The van der Waals surface area contributed by atoms with Gasteiger partial charge in [-0.25, -0.2) is 4.98 Å². The van der Waals surface area contributed by atoms with Crippen LogP contribution in [-0.4, -0.2) is 30.5 Å². The zero-order valence-electron chi connectivity index (χ0n) is 7.95. The first kappa shape index (κ1) is 10.2. The molecule has 0 saturated heterocycles. The van der Waals surface area contributed by atoms with Crippen molar-refractivity contribution in [3.63, 3.8) is 0 Å². The van der Waals surface area contributed by atoms with Gasteiger partial charge in [0.25, 0.3) is 0 Å². The molecule has 0 saturated carbocycles. The Bertz CT molecular complexity index is 298. The van der Waals surface area contributed by atoms with Gasteiger partial charge in [-0.15, -0.1) is 11.3 Å². The molecule has 1 aromatic rings. The van der Waals surface area contributed by atoms with Crippen LogP contribution in [0.15, 0.2) is 6.20 Å². The number of nitrogens with zero attached hydrogens (tertiary/aromatic N) is 3. The number of thiazole rings is 1. The molecule has 1 rings (SSSR count). The van der Waals surface area contributed by atoms with Crippen molar-refractivity contribution >= 4 is 11.3 Å². The largest absolute Gasteiger partial charge is 0.309 e. The average Bonchev–Trinajstić information content (AvgIpc) is 2.50. The fraction of sp³-hybridized carbons (Fsp3) is 0.556. The zero-order valence-corrected chi connectivity index (χ0v) is 8.77. The molecule has 0 amide bonds. The first-order valence-electron chi connectivity index (χ1n) is 4.17. The van der Waals surface area contributed by atoms with E-state index in [1.165, 1.54) is 0 Å². The van der Waals surface area contributed by atoms with Gasteiger partial charge >= 0.3 is 0 Å². The van der Waals surface area contributed by atoms with E-state index in [0.29, 0.717) is 6.42 Å². The minimum absolute atomic E-state index is 0.486. The van der Waals surface area contributed by atoms with Gasteiger partial charge < -0.3 is 4.90 Å². The Morgan fingerprint density at radius 1 is 1.62 bits per heavy atom. The highest BCUT2D eigenvalue weighted by Crippen LogP contribution is 2.13. The maximum absolute atomic E-state index is 8.47. The molecule has 70 valence electrons. The number of rotatable bonds is 4. The minimum atomic E-state index is 0.486. The van der Waals surface area contributed by atoms with Crippen molar-refractivity contribution in [1.29, 1.82) is 5.26 Å². The van der Waals surface area contributed by atoms with Crippen LogP contribution in [0.3, 0.4) is 0 Å². The third kappa shape index (κ3) is 3.53. The topological polar surface area (TPSA) is 39.9 Å². The second-order valence-electron chi connectivity index (χ2n) is 3.11. The average molecular weight is 195 g/mol. The van der Waals surface area contributed by atoms with Crippen molar-refractivity contribution in [2.45, 2.75) is 12.8 Å². The molecule has 3 nitrogen and oxygen atoms in total. The molecule has 0 fully saturated rings. The van der Waals surface area contributed by atoms with Gasteiger partial charge in [0.15, 0.2) is 0 Å². The SMILES string of the molecule is CN(C)CCc1ncc(CC#N)s1. The summed E-state index contributed by atoms with van der Waals surface area (Å²) in [5.74, 6) is 0. The molecule has 0 aliphatic carbocycles. The summed E-state index contributed by atoms with van der Waals surface area (Å²) in [6.45, 7) is 1.01. The van der Waals surface area contributed by atoms with Gasteiger partial charge in [0.1, 0.15) is 0 Å². The Morgan fingerprint density at radius 2 is 2.38 bits per heavy atom. The van der Waals surface area contributed by atoms with E-state index in [1.807, 2.05) is 14.1 Å². The van der Waals surface area contributed by atoms with Crippen LogP contribution in [0.5, 0.6) is 0 Å². The molecule has 0 aliphatic rings. The summed E-state index contributed by atoms with van der Waals surface area (Å²) in [6.07, 6.45) is 3.27. The van der Waals surface area contributed by atoms with E-state index in [1.54, 1.807) is 17.5 Å². The minimum Gasteiger partial charge on any atom is -0.309 e. The fourth-order valence-electron chi connectivity index (χ4n) is 0.942. The summed E-state index contributed by atoms with van der Waals surface area (Å²) in [5, 5.41) is 9.59. The molecule has 0 aromatic carbocycles. The molecular weight excluding hydrogens is 182 g/mol. The van der Waals surface area contributed by atoms with Crippen LogP contribution >= 0.6 is 11.3 Å². The molecule has 13 heavy (non-hydrogen) atoms. The van der Waals surface area contributed by atoms with E-state index >= 15 is 0 Å². The number of aromatic nitrogens is 1. The Balaban J connectivity index is 2.45. The molecule has 0 radical (unpaired) electrons. The van der Waals surface area contributed by atoms with Crippen LogP contribution in [0.4, 0.5) is 0 Å². The lowest BCUT2D eigenvalue weighted by atomic mass is 10.4. The smallest absolute Gasteiger partial charge is 0.0940 e. The van der Waals surface area contributed by atoms with Crippen LogP contribution in [0, 0.1) is 11.3 Å². The van der Waals surface area contributed by atoms with Gasteiger partial charge in [-0.3, -0.25) is 0 Å². The van der Waals surface area contributed by atoms with Crippen molar-refractivity contribution in [2.24, 2.45) is 0 Å². The summed E-state index contributed by atoms with van der Waals surface area (Å²) in [5.41, 5.74) is 0. The molecule has 4 heteroatoms.